The van der Waals surface area contributed by atoms with Gasteiger partial charge < -0.3 is 15.0 Å². The molecule has 1 spiro atoms. The summed E-state index contributed by atoms with van der Waals surface area (Å²) in [5, 5.41) is 5.03. The highest BCUT2D eigenvalue weighted by atomic mass is 16.6. The molecule has 212 valence electrons. The first-order chi connectivity index (χ1) is 18.4. The second-order valence-electron chi connectivity index (χ2n) is 12.1. The number of nitrogens with one attached hydrogen (secondary N) is 2. The van der Waals surface area contributed by atoms with E-state index in [0.717, 1.165) is 17.7 Å². The van der Waals surface area contributed by atoms with Crippen LogP contribution in [0.25, 0.3) is 0 Å². The van der Waals surface area contributed by atoms with Crippen molar-refractivity contribution in [3.63, 3.8) is 0 Å². The molecule has 4 aliphatic rings. The van der Waals surface area contributed by atoms with Gasteiger partial charge in [0.25, 0.3) is 11.8 Å². The van der Waals surface area contributed by atoms with Crippen LogP contribution in [0, 0.1) is 5.41 Å². The van der Waals surface area contributed by atoms with Crippen LogP contribution in [-0.2, 0) is 14.3 Å². The summed E-state index contributed by atoms with van der Waals surface area (Å²) >= 11 is 0. The predicted octanol–water partition coefficient (Wildman–Crippen LogP) is 4.10. The molecule has 0 bridgehead atoms. The van der Waals surface area contributed by atoms with Crippen molar-refractivity contribution in [3.05, 3.63) is 29.3 Å². The van der Waals surface area contributed by atoms with Crippen molar-refractivity contribution in [2.75, 3.05) is 19.4 Å². The fourth-order valence-electron chi connectivity index (χ4n) is 5.99. The summed E-state index contributed by atoms with van der Waals surface area (Å²) < 4.78 is 5.43. The van der Waals surface area contributed by atoms with Gasteiger partial charge in [-0.25, -0.2) is 4.79 Å². The molecule has 1 unspecified atom stereocenters. The van der Waals surface area contributed by atoms with Crippen molar-refractivity contribution in [1.82, 2.24) is 15.1 Å². The van der Waals surface area contributed by atoms with Gasteiger partial charge in [-0.2, -0.15) is 0 Å². The lowest BCUT2D eigenvalue weighted by Gasteiger charge is -2.48. The smallest absolute Gasteiger partial charge is 0.410 e. The minimum Gasteiger partial charge on any atom is -0.444 e. The maximum atomic E-state index is 12.5. The summed E-state index contributed by atoms with van der Waals surface area (Å²) in [5.74, 6) is -1.99. The summed E-state index contributed by atoms with van der Waals surface area (Å²) in [7, 11) is 3.54. The van der Waals surface area contributed by atoms with Crippen LogP contribution in [0.2, 0.25) is 0 Å². The second-order valence-corrected chi connectivity index (χ2v) is 12.1. The van der Waals surface area contributed by atoms with E-state index in [2.05, 4.69) is 10.6 Å². The summed E-state index contributed by atoms with van der Waals surface area (Å²) in [5.41, 5.74) is 1.35. The van der Waals surface area contributed by atoms with E-state index in [9.17, 15) is 24.0 Å². The third kappa shape index (κ3) is 5.94. The Labute approximate surface area is 229 Å². The number of ether oxygens (including phenoxy) is 1. The van der Waals surface area contributed by atoms with Gasteiger partial charge in [-0.05, 0) is 83.3 Å². The quantitative estimate of drug-likeness (QED) is 0.553. The van der Waals surface area contributed by atoms with Crippen molar-refractivity contribution in [2.24, 2.45) is 5.41 Å². The molecule has 2 N–H and O–H groups in total. The van der Waals surface area contributed by atoms with E-state index in [-0.39, 0.29) is 36.0 Å². The number of piperidine rings is 1. The van der Waals surface area contributed by atoms with E-state index in [1.807, 2.05) is 32.7 Å². The number of carbonyl (C=O) groups excluding carboxylic acids is 5. The van der Waals surface area contributed by atoms with E-state index >= 15 is 0 Å². The first-order valence-corrected chi connectivity index (χ1v) is 13.8. The normalized spacial score (nSPS) is 22.4. The Morgan fingerprint density at radius 2 is 1.72 bits per heavy atom. The third-order valence-electron chi connectivity index (χ3n) is 8.40. The number of nitrogens with zero attached hydrogens (tertiary/aromatic N) is 2. The minimum absolute atomic E-state index is 0.114. The summed E-state index contributed by atoms with van der Waals surface area (Å²) in [6.45, 7) is 5.76. The van der Waals surface area contributed by atoms with Crippen molar-refractivity contribution in [2.45, 2.75) is 96.2 Å². The zero-order chi connectivity index (χ0) is 28.5. The molecule has 0 radical (unpaired) electrons. The van der Waals surface area contributed by atoms with Crippen LogP contribution >= 0.6 is 0 Å². The van der Waals surface area contributed by atoms with E-state index in [1.165, 1.54) is 32.1 Å². The van der Waals surface area contributed by atoms with Gasteiger partial charge in [0.05, 0.1) is 11.1 Å². The first kappa shape index (κ1) is 28.6. The van der Waals surface area contributed by atoms with Gasteiger partial charge in [-0.1, -0.05) is 12.5 Å². The maximum Gasteiger partial charge on any atom is 0.410 e. The number of anilines is 1. The van der Waals surface area contributed by atoms with Crippen LogP contribution in [0.1, 0.15) is 99.3 Å². The van der Waals surface area contributed by atoms with Gasteiger partial charge in [-0.3, -0.25) is 29.4 Å². The average Bonchev–Trinajstić information content (AvgIpc) is 3.12. The molecule has 10 nitrogen and oxygen atoms in total. The number of amides is 5. The number of rotatable bonds is 3. The zero-order valence-electron chi connectivity index (χ0n) is 23.6. The van der Waals surface area contributed by atoms with Gasteiger partial charge in [0.15, 0.2) is 0 Å². The van der Waals surface area contributed by atoms with Crippen LogP contribution in [0.15, 0.2) is 18.2 Å². The highest BCUT2D eigenvalue weighted by molar-refractivity contribution is 6.25. The number of benzene rings is 1. The zero-order valence-corrected chi connectivity index (χ0v) is 23.6. The Hall–Kier alpha value is -3.43. The molecule has 2 aliphatic carbocycles. The van der Waals surface area contributed by atoms with Crippen LogP contribution in [0.3, 0.4) is 0 Å². The van der Waals surface area contributed by atoms with Crippen LogP contribution < -0.4 is 10.6 Å². The van der Waals surface area contributed by atoms with Crippen molar-refractivity contribution < 1.29 is 28.7 Å². The van der Waals surface area contributed by atoms with Crippen molar-refractivity contribution >= 4 is 35.4 Å². The number of hydrogen-bond acceptors (Lipinski definition) is 7. The molecule has 2 aliphatic heterocycles. The Bertz CT molecular complexity index is 1160. The van der Waals surface area contributed by atoms with Crippen molar-refractivity contribution in [3.8, 4) is 0 Å². The van der Waals surface area contributed by atoms with E-state index < -0.39 is 29.4 Å². The molecule has 1 atom stereocenters. The Kier molecular flexibility index (Phi) is 8.04. The molecule has 10 heteroatoms. The molecule has 39 heavy (non-hydrogen) atoms. The van der Waals surface area contributed by atoms with Gasteiger partial charge >= 0.3 is 6.09 Å². The van der Waals surface area contributed by atoms with E-state index in [4.69, 9.17) is 4.74 Å². The first-order valence-electron chi connectivity index (χ1n) is 13.8. The van der Waals surface area contributed by atoms with E-state index in [0.29, 0.717) is 17.1 Å². The molecule has 1 saturated heterocycles. The summed E-state index contributed by atoms with van der Waals surface area (Å²) in [6.07, 6.45) is 9.23. The van der Waals surface area contributed by atoms with Gasteiger partial charge in [0.2, 0.25) is 11.8 Å². The Balaban J connectivity index is 0.000000183. The topological polar surface area (TPSA) is 125 Å². The largest absolute Gasteiger partial charge is 0.444 e. The average molecular weight is 541 g/mol. The third-order valence-corrected chi connectivity index (χ3v) is 8.40. The molecule has 0 aromatic heterocycles. The molecule has 5 rings (SSSR count). The van der Waals surface area contributed by atoms with Crippen LogP contribution in [0.4, 0.5) is 10.5 Å². The Morgan fingerprint density at radius 3 is 2.26 bits per heavy atom. The molecular weight excluding hydrogens is 500 g/mol. The maximum absolute atomic E-state index is 12.5. The lowest BCUT2D eigenvalue weighted by Crippen LogP contribution is -2.54. The monoisotopic (exact) mass is 540 g/mol. The lowest BCUT2D eigenvalue weighted by atomic mass is 9.60. The molecule has 2 heterocycles. The van der Waals surface area contributed by atoms with Gasteiger partial charge in [-0.15, -0.1) is 0 Å². The predicted molar refractivity (Wildman–Crippen MR) is 145 cm³/mol. The second kappa shape index (κ2) is 11.0. The molecule has 1 aromatic carbocycles. The van der Waals surface area contributed by atoms with Gasteiger partial charge in [0.1, 0.15) is 11.6 Å². The molecule has 1 aromatic rings. The number of hydrogen-bond donors (Lipinski definition) is 2. The highest BCUT2D eigenvalue weighted by Gasteiger charge is 2.45. The fourth-order valence-corrected chi connectivity index (χ4v) is 5.99. The summed E-state index contributed by atoms with van der Waals surface area (Å²) in [6, 6.07) is 4.37. The SMILES string of the molecule is CN(C(=O)OC(C)(C)C)C1CCC2(CCC2)CC1.CNc1cccc2c1C(=O)N(C1CCC(=O)NC1=O)C2=O. The number of imide groups is 2. The fraction of sp³-hybridized carbons (Fsp3) is 0.621. The molecular formula is C29H40N4O6. The lowest BCUT2D eigenvalue weighted by molar-refractivity contribution is -0.136. The minimum atomic E-state index is -0.931. The van der Waals surface area contributed by atoms with Crippen LogP contribution in [0.5, 0.6) is 0 Å². The molecule has 5 amide bonds. The number of carbonyl (C=O) groups is 5. The molecule has 2 saturated carbocycles. The standard InChI is InChI=1S/C15H27NO2.C14H13N3O4/c1-14(2,3)18-13(17)16(4)12-6-10-15(11-7-12)8-5-9-15;1-15-8-4-2-3-7-11(8)14(21)17(13(7)20)9-5-6-10(18)16-12(9)19/h12H,5-11H2,1-4H3;2-4,9,15H,5-6H2,1H3,(H,16,18,19). The van der Waals surface area contributed by atoms with E-state index in [1.54, 1.807) is 25.2 Å². The van der Waals surface area contributed by atoms with Crippen LogP contribution in [-0.4, -0.2) is 71.3 Å². The summed E-state index contributed by atoms with van der Waals surface area (Å²) in [4.78, 5) is 62.8. The number of fused-ring (bicyclic) bond motifs is 1. The highest BCUT2D eigenvalue weighted by Crippen LogP contribution is 2.52. The molecule has 3 fully saturated rings. The Morgan fingerprint density at radius 1 is 1.05 bits per heavy atom. The van der Waals surface area contributed by atoms with Crippen molar-refractivity contribution in [1.29, 1.82) is 0 Å². The van der Waals surface area contributed by atoms with Gasteiger partial charge in [0, 0.05) is 32.2 Å².